The van der Waals surface area contributed by atoms with E-state index in [-0.39, 0.29) is 30.5 Å². The summed E-state index contributed by atoms with van der Waals surface area (Å²) < 4.78 is 1.20. The third kappa shape index (κ3) is 4.29. The molecule has 0 unspecified atom stereocenters. The summed E-state index contributed by atoms with van der Waals surface area (Å²) in [5, 5.41) is 12.6. The molecule has 26 heavy (non-hydrogen) atoms. The van der Waals surface area contributed by atoms with E-state index in [0.717, 1.165) is 5.56 Å². The number of aliphatic hydroxyl groups excluding tert-OH is 1. The summed E-state index contributed by atoms with van der Waals surface area (Å²) in [6, 6.07) is 9.75. The lowest BCUT2D eigenvalue weighted by atomic mass is 9.75. The quantitative estimate of drug-likeness (QED) is 0.694. The molecule has 1 aromatic carbocycles. The smallest absolute Gasteiger partial charge is 0.328 e. The number of nitrogens with zero attached hydrogens (tertiary/aromatic N) is 1. The number of nitrogens with one attached hydrogen (secondary N) is 2. The maximum Gasteiger partial charge on any atom is 0.328 e. The Morgan fingerprint density at radius 3 is 2.65 bits per heavy atom. The largest absolute Gasteiger partial charge is 0.393 e. The minimum absolute atomic E-state index is 0.104. The summed E-state index contributed by atoms with van der Waals surface area (Å²) in [4.78, 5) is 37.9. The number of rotatable bonds is 6. The summed E-state index contributed by atoms with van der Waals surface area (Å²) in [7, 11) is 0. The van der Waals surface area contributed by atoms with Crippen LogP contribution in [-0.4, -0.2) is 32.7 Å². The number of benzene rings is 1. The van der Waals surface area contributed by atoms with Crippen molar-refractivity contribution < 1.29 is 9.90 Å². The van der Waals surface area contributed by atoms with Gasteiger partial charge in [0.25, 0.3) is 5.56 Å². The lowest BCUT2D eigenvalue weighted by Crippen LogP contribution is -2.49. The van der Waals surface area contributed by atoms with Crippen LogP contribution in [0.25, 0.3) is 0 Å². The molecule has 3 N–H and O–H groups in total. The molecule has 1 aliphatic rings. The van der Waals surface area contributed by atoms with E-state index in [1.807, 2.05) is 30.3 Å². The van der Waals surface area contributed by atoms with E-state index in [4.69, 9.17) is 0 Å². The molecule has 0 saturated heterocycles. The molecule has 1 aromatic heterocycles. The monoisotopic (exact) mass is 357 g/mol. The van der Waals surface area contributed by atoms with Crippen LogP contribution < -0.4 is 16.6 Å². The van der Waals surface area contributed by atoms with Crippen LogP contribution in [0, 0.1) is 12.8 Å². The van der Waals surface area contributed by atoms with Gasteiger partial charge in [0.2, 0.25) is 5.91 Å². The van der Waals surface area contributed by atoms with Crippen LogP contribution in [-0.2, 0) is 17.8 Å². The second-order valence-electron chi connectivity index (χ2n) is 6.95. The molecular weight excluding hydrogens is 334 g/mol. The van der Waals surface area contributed by atoms with Crippen LogP contribution in [0.5, 0.6) is 0 Å². The predicted octanol–water partition coefficient (Wildman–Crippen LogP) is 0.343. The first-order valence-electron chi connectivity index (χ1n) is 8.74. The van der Waals surface area contributed by atoms with Crippen molar-refractivity contribution in [2.45, 2.75) is 44.9 Å². The second kappa shape index (κ2) is 7.70. The van der Waals surface area contributed by atoms with Gasteiger partial charge in [-0.2, -0.15) is 0 Å². The van der Waals surface area contributed by atoms with Gasteiger partial charge in [-0.3, -0.25) is 19.1 Å². The van der Waals surface area contributed by atoms with Crippen LogP contribution in [0.3, 0.4) is 0 Å². The predicted molar refractivity (Wildman–Crippen MR) is 96.9 cm³/mol. The number of hydrogen-bond donors (Lipinski definition) is 3. The van der Waals surface area contributed by atoms with E-state index in [1.165, 1.54) is 10.8 Å². The van der Waals surface area contributed by atoms with Crippen LogP contribution >= 0.6 is 0 Å². The Bertz CT molecular complexity index is 882. The molecule has 1 atom stereocenters. The molecule has 0 bridgehead atoms. The summed E-state index contributed by atoms with van der Waals surface area (Å²) >= 11 is 0. The van der Waals surface area contributed by atoms with Gasteiger partial charge in [0.15, 0.2) is 0 Å². The van der Waals surface area contributed by atoms with E-state index in [9.17, 15) is 19.5 Å². The SMILES string of the molecule is Cc1cn(CC(=O)N[C@@H](Cc2ccccc2)C2CC(O)C2)c(=O)[nH]c1=O. The number of H-pyrrole nitrogens is 1. The van der Waals surface area contributed by atoms with Crippen molar-refractivity contribution in [2.75, 3.05) is 0 Å². The standard InChI is InChI=1S/C19H23N3O4/c1-12-10-22(19(26)21-18(12)25)11-17(24)20-16(14-8-15(23)9-14)7-13-5-3-2-4-6-13/h2-6,10,14-16,23H,7-9,11H2,1H3,(H,20,24)(H,21,25,26)/t14?,15?,16-/m0/s1. The molecular formula is C19H23N3O4. The Kier molecular flexibility index (Phi) is 5.37. The normalized spacial score (nSPS) is 20.2. The van der Waals surface area contributed by atoms with Gasteiger partial charge in [-0.25, -0.2) is 4.79 Å². The zero-order valence-electron chi connectivity index (χ0n) is 14.6. The first kappa shape index (κ1) is 18.1. The Hall–Kier alpha value is -2.67. The fourth-order valence-corrected chi connectivity index (χ4v) is 3.31. The van der Waals surface area contributed by atoms with Crippen molar-refractivity contribution in [1.82, 2.24) is 14.9 Å². The number of aliphatic hydroxyl groups is 1. The molecule has 1 amide bonds. The van der Waals surface area contributed by atoms with Crippen LogP contribution in [0.4, 0.5) is 0 Å². The van der Waals surface area contributed by atoms with E-state index in [1.54, 1.807) is 6.92 Å². The summed E-state index contributed by atoms with van der Waals surface area (Å²) in [6.45, 7) is 1.43. The maximum atomic E-state index is 12.5. The van der Waals surface area contributed by atoms with Gasteiger partial charge in [-0.15, -0.1) is 0 Å². The van der Waals surface area contributed by atoms with E-state index in [0.29, 0.717) is 24.8 Å². The molecule has 7 heteroatoms. The zero-order valence-corrected chi connectivity index (χ0v) is 14.6. The Balaban J connectivity index is 1.70. The van der Waals surface area contributed by atoms with Crippen LogP contribution in [0.2, 0.25) is 0 Å². The molecule has 2 aromatic rings. The van der Waals surface area contributed by atoms with Crippen LogP contribution in [0.1, 0.15) is 24.0 Å². The lowest BCUT2D eigenvalue weighted by molar-refractivity contribution is -0.123. The third-order valence-electron chi connectivity index (χ3n) is 4.87. The molecule has 0 aliphatic heterocycles. The highest BCUT2D eigenvalue weighted by Crippen LogP contribution is 2.31. The van der Waals surface area contributed by atoms with Gasteiger partial charge in [-0.1, -0.05) is 30.3 Å². The Morgan fingerprint density at radius 2 is 2.00 bits per heavy atom. The second-order valence-corrected chi connectivity index (χ2v) is 6.95. The highest BCUT2D eigenvalue weighted by atomic mass is 16.3. The minimum atomic E-state index is -0.602. The van der Waals surface area contributed by atoms with E-state index < -0.39 is 11.2 Å². The fraction of sp³-hybridized carbons (Fsp3) is 0.421. The van der Waals surface area contributed by atoms with Crippen molar-refractivity contribution in [3.05, 3.63) is 68.5 Å². The Labute approximate surface area is 150 Å². The van der Waals surface area contributed by atoms with Crippen molar-refractivity contribution in [2.24, 2.45) is 5.92 Å². The fourth-order valence-electron chi connectivity index (χ4n) is 3.31. The molecule has 0 radical (unpaired) electrons. The third-order valence-corrected chi connectivity index (χ3v) is 4.87. The molecule has 1 heterocycles. The molecule has 1 aliphatic carbocycles. The molecule has 3 rings (SSSR count). The number of aromatic nitrogens is 2. The summed E-state index contributed by atoms with van der Waals surface area (Å²) in [5.74, 6) is -0.0796. The van der Waals surface area contributed by atoms with Gasteiger partial charge in [0, 0.05) is 17.8 Å². The van der Waals surface area contributed by atoms with E-state index >= 15 is 0 Å². The van der Waals surface area contributed by atoms with Crippen molar-refractivity contribution in [1.29, 1.82) is 0 Å². The average molecular weight is 357 g/mol. The summed E-state index contributed by atoms with van der Waals surface area (Å²) in [5.41, 5.74) is 0.433. The van der Waals surface area contributed by atoms with Gasteiger partial charge >= 0.3 is 5.69 Å². The van der Waals surface area contributed by atoms with Crippen molar-refractivity contribution in [3.8, 4) is 0 Å². The number of carbonyl (C=O) groups is 1. The maximum absolute atomic E-state index is 12.5. The van der Waals surface area contributed by atoms with Crippen LogP contribution in [0.15, 0.2) is 46.1 Å². The highest BCUT2D eigenvalue weighted by Gasteiger charge is 2.34. The number of carbonyl (C=O) groups excluding carboxylic acids is 1. The first-order valence-corrected chi connectivity index (χ1v) is 8.74. The molecule has 1 fully saturated rings. The number of amides is 1. The average Bonchev–Trinajstić information content (AvgIpc) is 2.57. The van der Waals surface area contributed by atoms with Gasteiger partial charge in [0.05, 0.1) is 6.10 Å². The molecule has 1 saturated carbocycles. The van der Waals surface area contributed by atoms with Gasteiger partial charge in [0.1, 0.15) is 6.54 Å². The molecule has 0 spiro atoms. The number of hydrogen-bond acceptors (Lipinski definition) is 4. The molecule has 7 nitrogen and oxygen atoms in total. The lowest BCUT2D eigenvalue weighted by Gasteiger charge is -2.38. The van der Waals surface area contributed by atoms with Gasteiger partial charge < -0.3 is 10.4 Å². The first-order chi connectivity index (χ1) is 12.4. The minimum Gasteiger partial charge on any atom is -0.393 e. The Morgan fingerprint density at radius 1 is 1.31 bits per heavy atom. The topological polar surface area (TPSA) is 104 Å². The molecule has 138 valence electrons. The number of aromatic amines is 1. The number of aryl methyl sites for hydroxylation is 1. The highest BCUT2D eigenvalue weighted by molar-refractivity contribution is 5.76. The van der Waals surface area contributed by atoms with Crippen molar-refractivity contribution >= 4 is 5.91 Å². The van der Waals surface area contributed by atoms with Gasteiger partial charge in [-0.05, 0) is 37.7 Å². The van der Waals surface area contributed by atoms with Crippen molar-refractivity contribution in [3.63, 3.8) is 0 Å². The van der Waals surface area contributed by atoms with E-state index in [2.05, 4.69) is 10.3 Å². The summed E-state index contributed by atoms with van der Waals surface area (Å²) in [6.07, 6.45) is 3.08. The zero-order chi connectivity index (χ0) is 18.7.